The molecule has 0 amide bonds. The van der Waals surface area contributed by atoms with Crippen LogP contribution < -0.4 is 4.90 Å². The molecule has 1 aromatic rings. The summed E-state index contributed by atoms with van der Waals surface area (Å²) in [6, 6.07) is 9.07. The SMILES string of the molecule is CCC(O)c1ccc(N(C)C2CCCC2)cc1. The highest BCUT2D eigenvalue weighted by molar-refractivity contribution is 5.48. The van der Waals surface area contributed by atoms with Crippen LogP contribution in [0.2, 0.25) is 0 Å². The molecule has 0 aromatic heterocycles. The molecular formula is C15H23NO. The van der Waals surface area contributed by atoms with Crippen LogP contribution in [0.4, 0.5) is 5.69 Å². The van der Waals surface area contributed by atoms with Crippen molar-refractivity contribution in [1.82, 2.24) is 0 Å². The molecule has 1 N–H and O–H groups in total. The fraction of sp³-hybridized carbons (Fsp3) is 0.600. The van der Waals surface area contributed by atoms with Crippen molar-refractivity contribution >= 4 is 5.69 Å². The van der Waals surface area contributed by atoms with Crippen LogP contribution in [0.25, 0.3) is 0 Å². The maximum Gasteiger partial charge on any atom is 0.0787 e. The smallest absolute Gasteiger partial charge is 0.0787 e. The second kappa shape index (κ2) is 5.54. The van der Waals surface area contributed by atoms with Gasteiger partial charge >= 0.3 is 0 Å². The van der Waals surface area contributed by atoms with Gasteiger partial charge < -0.3 is 10.0 Å². The zero-order valence-corrected chi connectivity index (χ0v) is 10.9. The predicted octanol–water partition coefficient (Wildman–Crippen LogP) is 3.51. The normalized spacial score (nSPS) is 18.3. The average Bonchev–Trinajstić information content (AvgIpc) is 2.91. The molecule has 2 rings (SSSR count). The largest absolute Gasteiger partial charge is 0.388 e. The average molecular weight is 233 g/mol. The van der Waals surface area contributed by atoms with Gasteiger partial charge in [0.05, 0.1) is 6.10 Å². The summed E-state index contributed by atoms with van der Waals surface area (Å²) in [7, 11) is 2.18. The molecule has 1 aromatic carbocycles. The lowest BCUT2D eigenvalue weighted by Crippen LogP contribution is -2.28. The Morgan fingerprint density at radius 1 is 1.24 bits per heavy atom. The molecule has 2 nitrogen and oxygen atoms in total. The fourth-order valence-corrected chi connectivity index (χ4v) is 2.67. The summed E-state index contributed by atoms with van der Waals surface area (Å²) in [5, 5.41) is 9.76. The quantitative estimate of drug-likeness (QED) is 0.860. The summed E-state index contributed by atoms with van der Waals surface area (Å²) in [6.07, 6.45) is 5.81. The second-order valence-electron chi connectivity index (χ2n) is 5.06. The van der Waals surface area contributed by atoms with Crippen molar-refractivity contribution in [3.63, 3.8) is 0 Å². The monoisotopic (exact) mass is 233 g/mol. The van der Waals surface area contributed by atoms with E-state index in [1.165, 1.54) is 31.4 Å². The van der Waals surface area contributed by atoms with Crippen molar-refractivity contribution in [2.24, 2.45) is 0 Å². The Bertz CT molecular complexity index is 340. The molecule has 0 heterocycles. The third-order valence-corrected chi connectivity index (χ3v) is 3.94. The van der Waals surface area contributed by atoms with Gasteiger partial charge in [-0.3, -0.25) is 0 Å². The first-order valence-electron chi connectivity index (χ1n) is 6.73. The van der Waals surface area contributed by atoms with E-state index in [2.05, 4.69) is 36.2 Å². The predicted molar refractivity (Wildman–Crippen MR) is 72.4 cm³/mol. The van der Waals surface area contributed by atoms with E-state index in [1.54, 1.807) is 0 Å². The van der Waals surface area contributed by atoms with Crippen molar-refractivity contribution in [2.75, 3.05) is 11.9 Å². The van der Waals surface area contributed by atoms with Gasteiger partial charge in [-0.2, -0.15) is 0 Å². The molecule has 0 bridgehead atoms. The maximum atomic E-state index is 9.76. The number of rotatable bonds is 4. The summed E-state index contributed by atoms with van der Waals surface area (Å²) in [6.45, 7) is 2.00. The molecule has 0 aliphatic heterocycles. The Labute approximate surface area is 104 Å². The molecule has 1 aliphatic rings. The van der Waals surface area contributed by atoms with E-state index < -0.39 is 0 Å². The minimum Gasteiger partial charge on any atom is -0.388 e. The Balaban J connectivity index is 2.06. The Morgan fingerprint density at radius 2 is 1.82 bits per heavy atom. The first-order chi connectivity index (χ1) is 8.22. The lowest BCUT2D eigenvalue weighted by atomic mass is 10.1. The molecule has 0 saturated heterocycles. The van der Waals surface area contributed by atoms with Gasteiger partial charge in [-0.1, -0.05) is 31.9 Å². The Hall–Kier alpha value is -1.02. The van der Waals surface area contributed by atoms with E-state index >= 15 is 0 Å². The summed E-state index contributed by atoms with van der Waals surface area (Å²) in [5.41, 5.74) is 2.29. The van der Waals surface area contributed by atoms with Crippen molar-refractivity contribution < 1.29 is 5.11 Å². The number of aliphatic hydroxyl groups excluding tert-OH is 1. The van der Waals surface area contributed by atoms with E-state index in [0.29, 0.717) is 6.04 Å². The third kappa shape index (κ3) is 2.81. The van der Waals surface area contributed by atoms with Gasteiger partial charge in [-0.15, -0.1) is 0 Å². The van der Waals surface area contributed by atoms with Gasteiger partial charge in [-0.05, 0) is 37.0 Å². The van der Waals surface area contributed by atoms with Crippen molar-refractivity contribution in [3.05, 3.63) is 29.8 Å². The van der Waals surface area contributed by atoms with E-state index in [9.17, 15) is 5.11 Å². The molecule has 2 heteroatoms. The number of anilines is 1. The van der Waals surface area contributed by atoms with Crippen LogP contribution in [0, 0.1) is 0 Å². The van der Waals surface area contributed by atoms with Gasteiger partial charge in [0.15, 0.2) is 0 Å². The second-order valence-corrected chi connectivity index (χ2v) is 5.06. The van der Waals surface area contributed by atoms with E-state index in [4.69, 9.17) is 0 Å². The highest BCUT2D eigenvalue weighted by Gasteiger charge is 2.19. The zero-order valence-electron chi connectivity index (χ0n) is 10.9. The number of nitrogens with zero attached hydrogens (tertiary/aromatic N) is 1. The van der Waals surface area contributed by atoms with Crippen LogP contribution in [-0.2, 0) is 0 Å². The lowest BCUT2D eigenvalue weighted by Gasteiger charge is -2.26. The molecule has 1 aliphatic carbocycles. The molecule has 94 valence electrons. The highest BCUT2D eigenvalue weighted by Crippen LogP contribution is 2.28. The van der Waals surface area contributed by atoms with Gasteiger partial charge in [0, 0.05) is 18.8 Å². The van der Waals surface area contributed by atoms with Crippen molar-refractivity contribution in [3.8, 4) is 0 Å². The number of hydrogen-bond acceptors (Lipinski definition) is 2. The molecule has 1 saturated carbocycles. The summed E-state index contributed by atoms with van der Waals surface area (Å²) < 4.78 is 0. The third-order valence-electron chi connectivity index (χ3n) is 3.94. The van der Waals surface area contributed by atoms with Crippen LogP contribution in [-0.4, -0.2) is 18.2 Å². The van der Waals surface area contributed by atoms with E-state index in [0.717, 1.165) is 12.0 Å². The minimum absolute atomic E-state index is 0.319. The van der Waals surface area contributed by atoms with Gasteiger partial charge in [0.1, 0.15) is 0 Å². The topological polar surface area (TPSA) is 23.5 Å². The summed E-state index contributed by atoms with van der Waals surface area (Å²) in [4.78, 5) is 2.38. The number of hydrogen-bond donors (Lipinski definition) is 1. The Kier molecular flexibility index (Phi) is 4.06. The summed E-state index contributed by atoms with van der Waals surface area (Å²) in [5.74, 6) is 0. The molecule has 1 atom stereocenters. The first-order valence-corrected chi connectivity index (χ1v) is 6.73. The first kappa shape index (κ1) is 12.4. The van der Waals surface area contributed by atoms with Crippen LogP contribution in [0.5, 0.6) is 0 Å². The molecule has 1 fully saturated rings. The van der Waals surface area contributed by atoms with E-state index in [-0.39, 0.29) is 6.10 Å². The lowest BCUT2D eigenvalue weighted by molar-refractivity contribution is 0.173. The number of benzene rings is 1. The number of aliphatic hydroxyl groups is 1. The van der Waals surface area contributed by atoms with Gasteiger partial charge in [-0.25, -0.2) is 0 Å². The van der Waals surface area contributed by atoms with Crippen LogP contribution in [0.15, 0.2) is 24.3 Å². The van der Waals surface area contributed by atoms with Gasteiger partial charge in [0.25, 0.3) is 0 Å². The highest BCUT2D eigenvalue weighted by atomic mass is 16.3. The van der Waals surface area contributed by atoms with Crippen LogP contribution >= 0.6 is 0 Å². The standard InChI is InChI=1S/C15H23NO/c1-3-15(17)12-8-10-14(11-9-12)16(2)13-6-4-5-7-13/h8-11,13,15,17H,3-7H2,1-2H3. The molecular weight excluding hydrogens is 210 g/mol. The maximum absolute atomic E-state index is 9.76. The van der Waals surface area contributed by atoms with Crippen LogP contribution in [0.1, 0.15) is 50.7 Å². The fourth-order valence-electron chi connectivity index (χ4n) is 2.67. The Morgan fingerprint density at radius 3 is 2.35 bits per heavy atom. The van der Waals surface area contributed by atoms with E-state index in [1.807, 2.05) is 6.92 Å². The molecule has 1 unspecified atom stereocenters. The van der Waals surface area contributed by atoms with Gasteiger partial charge in [0.2, 0.25) is 0 Å². The molecule has 0 radical (unpaired) electrons. The summed E-state index contributed by atoms with van der Waals surface area (Å²) >= 11 is 0. The van der Waals surface area contributed by atoms with Crippen molar-refractivity contribution in [1.29, 1.82) is 0 Å². The molecule has 17 heavy (non-hydrogen) atoms. The minimum atomic E-state index is -0.319. The zero-order chi connectivity index (χ0) is 12.3. The van der Waals surface area contributed by atoms with Crippen molar-refractivity contribution in [2.45, 2.75) is 51.2 Å². The van der Waals surface area contributed by atoms with Crippen LogP contribution in [0.3, 0.4) is 0 Å². The molecule has 0 spiro atoms.